The van der Waals surface area contributed by atoms with Gasteiger partial charge in [-0.15, -0.1) is 0 Å². The summed E-state index contributed by atoms with van der Waals surface area (Å²) in [6.45, 7) is 6.40. The number of imide groups is 1. The van der Waals surface area contributed by atoms with Crippen LogP contribution in [0.1, 0.15) is 25.8 Å². The molecule has 2 heterocycles. The van der Waals surface area contributed by atoms with Gasteiger partial charge in [-0.1, -0.05) is 19.1 Å². The number of nitrogens with zero attached hydrogens (tertiary/aromatic N) is 2. The Labute approximate surface area is 199 Å². The van der Waals surface area contributed by atoms with Crippen LogP contribution in [0.15, 0.2) is 48.5 Å². The molecular weight excluding hydrogens is 436 g/mol. The molecule has 0 aromatic heterocycles. The van der Waals surface area contributed by atoms with E-state index in [0.717, 1.165) is 23.7 Å². The predicted molar refractivity (Wildman–Crippen MR) is 128 cm³/mol. The highest BCUT2D eigenvalue weighted by Gasteiger charge is 2.53. The SMILES string of the molecule is CC[C@@]1(c2ccc(OC)cc2)NC(=O)N([C@H](C)C(=O)Nc2ccc(N3CCOCC3)cc2)C1=O. The van der Waals surface area contributed by atoms with Gasteiger partial charge in [-0.2, -0.15) is 0 Å². The molecule has 34 heavy (non-hydrogen) atoms. The summed E-state index contributed by atoms with van der Waals surface area (Å²) in [6.07, 6.45) is 0.345. The van der Waals surface area contributed by atoms with E-state index in [1.54, 1.807) is 38.3 Å². The summed E-state index contributed by atoms with van der Waals surface area (Å²) in [7, 11) is 1.56. The van der Waals surface area contributed by atoms with E-state index in [4.69, 9.17) is 9.47 Å². The number of rotatable bonds is 7. The topological polar surface area (TPSA) is 100 Å². The van der Waals surface area contributed by atoms with Crippen molar-refractivity contribution in [3.63, 3.8) is 0 Å². The number of methoxy groups -OCH3 is 1. The van der Waals surface area contributed by atoms with Crippen LogP contribution in [0.4, 0.5) is 16.2 Å². The van der Waals surface area contributed by atoms with Gasteiger partial charge in [0.05, 0.1) is 20.3 Å². The maximum absolute atomic E-state index is 13.5. The maximum Gasteiger partial charge on any atom is 0.326 e. The largest absolute Gasteiger partial charge is 0.497 e. The Morgan fingerprint density at radius 2 is 1.76 bits per heavy atom. The molecule has 2 aromatic rings. The molecule has 2 N–H and O–H groups in total. The number of ether oxygens (including phenoxy) is 2. The second-order valence-corrected chi connectivity index (χ2v) is 8.40. The third-order valence-corrected chi connectivity index (χ3v) is 6.51. The quantitative estimate of drug-likeness (QED) is 0.609. The summed E-state index contributed by atoms with van der Waals surface area (Å²) in [5.74, 6) is -0.240. The molecule has 2 aliphatic heterocycles. The van der Waals surface area contributed by atoms with Crippen molar-refractivity contribution in [2.75, 3.05) is 43.6 Å². The minimum atomic E-state index is -1.22. The van der Waals surface area contributed by atoms with Gasteiger partial charge < -0.3 is 25.0 Å². The molecule has 0 bridgehead atoms. The van der Waals surface area contributed by atoms with Crippen LogP contribution in [0.3, 0.4) is 0 Å². The van der Waals surface area contributed by atoms with Crippen LogP contribution in [-0.4, -0.2) is 62.2 Å². The Balaban J connectivity index is 1.47. The molecular formula is C25H30N4O5. The number of urea groups is 1. The van der Waals surface area contributed by atoms with Crippen molar-refractivity contribution in [3.8, 4) is 5.75 Å². The maximum atomic E-state index is 13.5. The lowest BCUT2D eigenvalue weighted by atomic mass is 9.87. The number of hydrogen-bond acceptors (Lipinski definition) is 6. The highest BCUT2D eigenvalue weighted by molar-refractivity contribution is 6.11. The van der Waals surface area contributed by atoms with E-state index in [0.29, 0.717) is 36.6 Å². The van der Waals surface area contributed by atoms with Crippen molar-refractivity contribution < 1.29 is 23.9 Å². The number of nitrogens with one attached hydrogen (secondary N) is 2. The normalized spacial score (nSPS) is 21.3. The first-order valence-electron chi connectivity index (χ1n) is 11.4. The van der Waals surface area contributed by atoms with Crippen LogP contribution in [0.2, 0.25) is 0 Å². The van der Waals surface area contributed by atoms with Crippen LogP contribution in [0.25, 0.3) is 0 Å². The number of benzene rings is 2. The van der Waals surface area contributed by atoms with Crippen molar-refractivity contribution in [2.24, 2.45) is 0 Å². The first kappa shape index (κ1) is 23.6. The van der Waals surface area contributed by atoms with Crippen LogP contribution in [0.5, 0.6) is 5.75 Å². The second kappa shape index (κ2) is 9.72. The number of hydrogen-bond donors (Lipinski definition) is 2. The molecule has 4 amide bonds. The van der Waals surface area contributed by atoms with E-state index < -0.39 is 29.4 Å². The van der Waals surface area contributed by atoms with Crippen LogP contribution < -0.4 is 20.3 Å². The molecule has 2 fully saturated rings. The molecule has 0 saturated carbocycles. The van der Waals surface area contributed by atoms with Crippen LogP contribution >= 0.6 is 0 Å². The lowest BCUT2D eigenvalue weighted by Crippen LogP contribution is -2.47. The summed E-state index contributed by atoms with van der Waals surface area (Å²) in [5, 5.41) is 5.63. The number of carbonyl (C=O) groups excluding carboxylic acids is 3. The van der Waals surface area contributed by atoms with Gasteiger partial charge in [0.2, 0.25) is 5.91 Å². The highest BCUT2D eigenvalue weighted by atomic mass is 16.5. The molecule has 2 saturated heterocycles. The zero-order chi connectivity index (χ0) is 24.3. The first-order valence-corrected chi connectivity index (χ1v) is 11.4. The fraction of sp³-hybridized carbons (Fsp3) is 0.400. The van der Waals surface area contributed by atoms with Gasteiger partial charge >= 0.3 is 6.03 Å². The van der Waals surface area contributed by atoms with Gasteiger partial charge in [0.1, 0.15) is 17.3 Å². The minimum absolute atomic E-state index is 0.345. The number of anilines is 2. The lowest BCUT2D eigenvalue weighted by Gasteiger charge is -2.29. The van der Waals surface area contributed by atoms with Gasteiger partial charge in [0.25, 0.3) is 5.91 Å². The summed E-state index contributed by atoms with van der Waals surface area (Å²) < 4.78 is 10.6. The van der Waals surface area contributed by atoms with E-state index in [1.807, 2.05) is 31.2 Å². The smallest absolute Gasteiger partial charge is 0.326 e. The summed E-state index contributed by atoms with van der Waals surface area (Å²) in [6, 6.07) is 12.9. The third-order valence-electron chi connectivity index (χ3n) is 6.51. The van der Waals surface area contributed by atoms with E-state index in [1.165, 1.54) is 0 Å². The summed E-state index contributed by atoms with van der Waals surface area (Å²) in [4.78, 5) is 42.5. The van der Waals surface area contributed by atoms with Gasteiger partial charge in [-0.25, -0.2) is 9.69 Å². The lowest BCUT2D eigenvalue weighted by molar-refractivity contribution is -0.136. The number of morpholine rings is 1. The van der Waals surface area contributed by atoms with Crippen LogP contribution in [-0.2, 0) is 19.9 Å². The third kappa shape index (κ3) is 4.31. The van der Waals surface area contributed by atoms with Crippen molar-refractivity contribution in [1.82, 2.24) is 10.2 Å². The highest BCUT2D eigenvalue weighted by Crippen LogP contribution is 2.34. The Kier molecular flexibility index (Phi) is 6.74. The zero-order valence-electron chi connectivity index (χ0n) is 19.7. The van der Waals surface area contributed by atoms with Crippen molar-refractivity contribution in [2.45, 2.75) is 31.8 Å². The Bertz CT molecular complexity index is 1050. The van der Waals surface area contributed by atoms with E-state index in [2.05, 4.69) is 15.5 Å². The molecule has 0 aliphatic carbocycles. The molecule has 9 nitrogen and oxygen atoms in total. The van der Waals surface area contributed by atoms with Gasteiger partial charge in [-0.05, 0) is 55.3 Å². The van der Waals surface area contributed by atoms with Gasteiger partial charge in [0.15, 0.2) is 0 Å². The predicted octanol–water partition coefficient (Wildman–Crippen LogP) is 2.72. The average molecular weight is 467 g/mol. The molecule has 0 unspecified atom stereocenters. The standard InChI is InChI=1S/C25H30N4O5/c1-4-25(18-5-11-21(33-3)12-6-18)23(31)29(24(32)27-25)17(2)22(30)26-19-7-9-20(10-8-19)28-13-15-34-16-14-28/h5-12,17H,4,13-16H2,1-3H3,(H,26,30)(H,27,32)/t17-,25+/m1/s1. The number of amides is 4. The Morgan fingerprint density at radius 3 is 2.35 bits per heavy atom. The monoisotopic (exact) mass is 466 g/mol. The molecule has 180 valence electrons. The van der Waals surface area contributed by atoms with Crippen LogP contribution in [0, 0.1) is 0 Å². The van der Waals surface area contributed by atoms with Gasteiger partial charge in [0, 0.05) is 24.5 Å². The van der Waals surface area contributed by atoms with E-state index >= 15 is 0 Å². The Morgan fingerprint density at radius 1 is 1.12 bits per heavy atom. The molecule has 9 heteroatoms. The number of carbonyl (C=O) groups is 3. The fourth-order valence-electron chi connectivity index (χ4n) is 4.40. The summed E-state index contributed by atoms with van der Waals surface area (Å²) >= 11 is 0. The minimum Gasteiger partial charge on any atom is -0.497 e. The van der Waals surface area contributed by atoms with Gasteiger partial charge in [-0.3, -0.25) is 9.59 Å². The van der Waals surface area contributed by atoms with Crippen molar-refractivity contribution >= 4 is 29.2 Å². The molecule has 0 radical (unpaired) electrons. The van der Waals surface area contributed by atoms with E-state index in [9.17, 15) is 14.4 Å². The Hall–Kier alpha value is -3.59. The molecule has 4 rings (SSSR count). The average Bonchev–Trinajstić information content (AvgIpc) is 3.14. The van der Waals surface area contributed by atoms with E-state index in [-0.39, 0.29) is 0 Å². The zero-order valence-corrected chi connectivity index (χ0v) is 19.7. The molecule has 2 aromatic carbocycles. The first-order chi connectivity index (χ1) is 16.4. The second-order valence-electron chi connectivity index (χ2n) is 8.40. The molecule has 2 aliphatic rings. The fourth-order valence-corrected chi connectivity index (χ4v) is 4.40. The molecule has 2 atom stereocenters. The van der Waals surface area contributed by atoms with Crippen molar-refractivity contribution in [1.29, 1.82) is 0 Å². The summed E-state index contributed by atoms with van der Waals surface area (Å²) in [5.41, 5.74) is 1.06. The van der Waals surface area contributed by atoms with Crippen molar-refractivity contribution in [3.05, 3.63) is 54.1 Å². The molecule has 0 spiro atoms.